The van der Waals surface area contributed by atoms with Crippen molar-refractivity contribution in [2.24, 2.45) is 0 Å². The third-order valence-electron chi connectivity index (χ3n) is 3.58. The van der Waals surface area contributed by atoms with Crippen molar-refractivity contribution in [3.05, 3.63) is 65.2 Å². The Bertz CT molecular complexity index is 624. The number of hydrogen-bond donors (Lipinski definition) is 1. The summed E-state index contributed by atoms with van der Waals surface area (Å²) in [5.74, 6) is 0.00935. The Labute approximate surface area is 141 Å². The molecule has 3 heteroatoms. The molecular formula is C19H22BrNO. The predicted molar refractivity (Wildman–Crippen MR) is 96.5 cm³/mol. The molecule has 0 unspecified atom stereocenters. The zero-order valence-electron chi connectivity index (χ0n) is 13.3. The highest BCUT2D eigenvalue weighted by Crippen LogP contribution is 2.23. The maximum absolute atomic E-state index is 12.1. The molecule has 0 heterocycles. The molecule has 116 valence electrons. The molecule has 1 N–H and O–H groups in total. The minimum Gasteiger partial charge on any atom is -0.326 e. The topological polar surface area (TPSA) is 29.1 Å². The largest absolute Gasteiger partial charge is 0.326 e. The van der Waals surface area contributed by atoms with Gasteiger partial charge in [-0.15, -0.1) is 0 Å². The van der Waals surface area contributed by atoms with Gasteiger partial charge in [0.2, 0.25) is 5.91 Å². The van der Waals surface area contributed by atoms with Crippen LogP contribution in [0.15, 0.2) is 48.5 Å². The van der Waals surface area contributed by atoms with Crippen LogP contribution in [0.3, 0.4) is 0 Å². The minimum atomic E-state index is 0.00935. The molecule has 2 aromatic carbocycles. The highest BCUT2D eigenvalue weighted by atomic mass is 79.9. The molecule has 0 saturated heterocycles. The number of benzene rings is 2. The molecule has 0 spiro atoms. The first-order valence-electron chi connectivity index (χ1n) is 7.42. The summed E-state index contributed by atoms with van der Waals surface area (Å²) in [5, 5.41) is 3.78. The zero-order valence-corrected chi connectivity index (χ0v) is 14.9. The second-order valence-electron chi connectivity index (χ2n) is 6.50. The Morgan fingerprint density at radius 2 is 1.50 bits per heavy atom. The van der Waals surface area contributed by atoms with Crippen LogP contribution >= 0.6 is 15.9 Å². The van der Waals surface area contributed by atoms with E-state index in [-0.39, 0.29) is 11.3 Å². The van der Waals surface area contributed by atoms with Gasteiger partial charge in [-0.1, -0.05) is 73.1 Å². The van der Waals surface area contributed by atoms with Crippen molar-refractivity contribution in [2.45, 2.75) is 37.9 Å². The zero-order chi connectivity index (χ0) is 16.2. The van der Waals surface area contributed by atoms with E-state index in [2.05, 4.69) is 54.2 Å². The maximum atomic E-state index is 12.1. The molecule has 2 aromatic rings. The molecule has 22 heavy (non-hydrogen) atoms. The van der Waals surface area contributed by atoms with Gasteiger partial charge < -0.3 is 5.32 Å². The Kier molecular flexibility index (Phi) is 5.41. The summed E-state index contributed by atoms with van der Waals surface area (Å²) in [6, 6.07) is 16.1. The molecular weight excluding hydrogens is 338 g/mol. The number of rotatable bonds is 4. The van der Waals surface area contributed by atoms with E-state index in [1.165, 1.54) is 11.1 Å². The molecule has 0 aromatic heterocycles. The highest BCUT2D eigenvalue weighted by Gasteiger charge is 2.13. The van der Waals surface area contributed by atoms with Crippen LogP contribution < -0.4 is 5.32 Å². The Morgan fingerprint density at radius 1 is 0.955 bits per heavy atom. The fourth-order valence-corrected chi connectivity index (χ4v) is 2.56. The van der Waals surface area contributed by atoms with Crippen LogP contribution in [0.4, 0.5) is 5.69 Å². The molecule has 0 saturated carbocycles. The fraction of sp³-hybridized carbons (Fsp3) is 0.316. The summed E-state index contributed by atoms with van der Waals surface area (Å²) in [6.45, 7) is 6.53. The molecule has 0 aliphatic heterocycles. The average molecular weight is 360 g/mol. The molecule has 1 amide bonds. The summed E-state index contributed by atoms with van der Waals surface area (Å²) in [4.78, 5) is 12.1. The van der Waals surface area contributed by atoms with Crippen LogP contribution in [-0.2, 0) is 22.0 Å². The Morgan fingerprint density at radius 3 is 2.00 bits per heavy atom. The number of amides is 1. The molecule has 0 aliphatic rings. The van der Waals surface area contributed by atoms with Gasteiger partial charge in [0, 0.05) is 11.0 Å². The second kappa shape index (κ2) is 7.10. The van der Waals surface area contributed by atoms with Gasteiger partial charge in [-0.05, 0) is 34.2 Å². The van der Waals surface area contributed by atoms with E-state index in [1.807, 2.05) is 36.4 Å². The van der Waals surface area contributed by atoms with Crippen molar-refractivity contribution < 1.29 is 4.79 Å². The maximum Gasteiger partial charge on any atom is 0.228 e. The van der Waals surface area contributed by atoms with Gasteiger partial charge in [-0.25, -0.2) is 0 Å². The molecule has 0 atom stereocenters. The summed E-state index contributed by atoms with van der Waals surface area (Å²) in [6.07, 6.45) is 0.392. The monoisotopic (exact) mass is 359 g/mol. The smallest absolute Gasteiger partial charge is 0.228 e. The van der Waals surface area contributed by atoms with Crippen LogP contribution in [0.25, 0.3) is 0 Å². The van der Waals surface area contributed by atoms with Gasteiger partial charge in [0.25, 0.3) is 0 Å². The van der Waals surface area contributed by atoms with Crippen molar-refractivity contribution >= 4 is 27.5 Å². The van der Waals surface area contributed by atoms with Crippen LogP contribution in [-0.4, -0.2) is 5.91 Å². The number of anilines is 1. The summed E-state index contributed by atoms with van der Waals surface area (Å²) < 4.78 is 0. The van der Waals surface area contributed by atoms with Crippen LogP contribution in [0.5, 0.6) is 0 Å². The average Bonchev–Trinajstić information content (AvgIpc) is 2.47. The third-order valence-corrected chi connectivity index (χ3v) is 4.22. The molecule has 0 aliphatic carbocycles. The fourth-order valence-electron chi connectivity index (χ4n) is 2.19. The van der Waals surface area contributed by atoms with Crippen molar-refractivity contribution in [2.75, 3.05) is 5.32 Å². The molecule has 2 nitrogen and oxygen atoms in total. The Hall–Kier alpha value is -1.61. The van der Waals surface area contributed by atoms with Gasteiger partial charge >= 0.3 is 0 Å². The highest BCUT2D eigenvalue weighted by molar-refractivity contribution is 9.08. The van der Waals surface area contributed by atoms with Crippen LogP contribution in [0, 0.1) is 0 Å². The number of carbonyl (C=O) groups excluding carboxylic acids is 1. The summed E-state index contributed by atoms with van der Waals surface area (Å²) >= 11 is 3.42. The van der Waals surface area contributed by atoms with Crippen molar-refractivity contribution in [3.63, 3.8) is 0 Å². The van der Waals surface area contributed by atoms with Crippen molar-refractivity contribution in [1.29, 1.82) is 0 Å². The Balaban J connectivity index is 1.96. The number of nitrogens with one attached hydrogen (secondary N) is 1. The standard InChI is InChI=1S/C19H22BrNO/c1-19(2,3)16-8-10-17(11-9-16)21-18(22)12-14-4-6-15(13-20)7-5-14/h4-11H,12-13H2,1-3H3,(H,21,22). The van der Waals surface area contributed by atoms with Gasteiger partial charge in [0.05, 0.1) is 6.42 Å². The quantitative estimate of drug-likeness (QED) is 0.759. The first-order valence-corrected chi connectivity index (χ1v) is 8.55. The number of halogens is 1. The van der Waals surface area contributed by atoms with E-state index in [9.17, 15) is 4.79 Å². The van der Waals surface area contributed by atoms with E-state index in [0.717, 1.165) is 16.6 Å². The van der Waals surface area contributed by atoms with Gasteiger partial charge in [-0.2, -0.15) is 0 Å². The van der Waals surface area contributed by atoms with E-state index in [1.54, 1.807) is 0 Å². The predicted octanol–water partition coefficient (Wildman–Crippen LogP) is 5.06. The third kappa shape index (κ3) is 4.70. The van der Waals surface area contributed by atoms with E-state index < -0.39 is 0 Å². The van der Waals surface area contributed by atoms with Crippen molar-refractivity contribution in [1.82, 2.24) is 0 Å². The lowest BCUT2D eigenvalue weighted by Gasteiger charge is -2.19. The lowest BCUT2D eigenvalue weighted by molar-refractivity contribution is -0.115. The lowest BCUT2D eigenvalue weighted by atomic mass is 9.87. The van der Waals surface area contributed by atoms with Gasteiger partial charge in [-0.3, -0.25) is 4.79 Å². The van der Waals surface area contributed by atoms with E-state index >= 15 is 0 Å². The normalized spacial score (nSPS) is 11.3. The van der Waals surface area contributed by atoms with Gasteiger partial charge in [0.15, 0.2) is 0 Å². The number of alkyl halides is 1. The lowest BCUT2D eigenvalue weighted by Crippen LogP contribution is -2.15. The molecule has 0 fully saturated rings. The van der Waals surface area contributed by atoms with E-state index in [4.69, 9.17) is 0 Å². The summed E-state index contributed by atoms with van der Waals surface area (Å²) in [5.41, 5.74) is 4.46. The van der Waals surface area contributed by atoms with Crippen LogP contribution in [0.1, 0.15) is 37.5 Å². The van der Waals surface area contributed by atoms with Crippen LogP contribution in [0.2, 0.25) is 0 Å². The first kappa shape index (κ1) is 16.8. The molecule has 2 rings (SSSR count). The van der Waals surface area contributed by atoms with Gasteiger partial charge in [0.1, 0.15) is 0 Å². The second-order valence-corrected chi connectivity index (χ2v) is 7.06. The first-order chi connectivity index (χ1) is 10.4. The summed E-state index contributed by atoms with van der Waals surface area (Å²) in [7, 11) is 0. The number of carbonyl (C=O) groups is 1. The minimum absolute atomic E-state index is 0.00935. The SMILES string of the molecule is CC(C)(C)c1ccc(NC(=O)Cc2ccc(CBr)cc2)cc1. The molecule has 0 bridgehead atoms. The van der Waals surface area contributed by atoms with Crippen molar-refractivity contribution in [3.8, 4) is 0 Å². The molecule has 0 radical (unpaired) electrons. The van der Waals surface area contributed by atoms with E-state index in [0.29, 0.717) is 6.42 Å². The number of hydrogen-bond acceptors (Lipinski definition) is 1.